The maximum atomic E-state index is 12.5. The fourth-order valence-corrected chi connectivity index (χ4v) is 3.51. The van der Waals surface area contributed by atoms with Gasteiger partial charge in [-0.3, -0.25) is 9.59 Å². The van der Waals surface area contributed by atoms with Crippen LogP contribution in [0.25, 0.3) is 0 Å². The first-order valence-electron chi connectivity index (χ1n) is 9.44. The molecule has 0 heterocycles. The maximum absolute atomic E-state index is 12.5. The fourth-order valence-electron chi connectivity index (χ4n) is 3.51. The number of benzene rings is 2. The number of carboxylic acid groups (broad SMARTS) is 1. The Labute approximate surface area is 164 Å². The summed E-state index contributed by atoms with van der Waals surface area (Å²) in [5.74, 6) is -3.05. The number of aryl methyl sites for hydroxylation is 1. The van der Waals surface area contributed by atoms with Gasteiger partial charge in [-0.05, 0) is 56.2 Å². The number of carboxylic acids is 1. The van der Waals surface area contributed by atoms with Crippen LogP contribution in [0.1, 0.15) is 41.6 Å². The van der Waals surface area contributed by atoms with E-state index in [0.717, 1.165) is 18.4 Å². The van der Waals surface area contributed by atoms with E-state index in [9.17, 15) is 19.5 Å². The summed E-state index contributed by atoms with van der Waals surface area (Å²) in [7, 11) is 0. The third-order valence-electron chi connectivity index (χ3n) is 5.13. The Morgan fingerprint density at radius 2 is 1.36 bits per heavy atom. The van der Waals surface area contributed by atoms with E-state index in [4.69, 9.17) is 0 Å². The number of hydrogen-bond acceptors (Lipinski definition) is 4. The lowest BCUT2D eigenvalue weighted by molar-refractivity contribution is -0.313. The number of carbonyl (C=O) groups excluding carboxylic acids is 3. The molecule has 146 valence electrons. The molecular weight excluding hydrogens is 356 g/mol. The van der Waals surface area contributed by atoms with Gasteiger partial charge in [0.15, 0.2) is 0 Å². The van der Waals surface area contributed by atoms with Crippen LogP contribution in [0.5, 0.6) is 0 Å². The number of rotatable bonds is 5. The second-order valence-corrected chi connectivity index (χ2v) is 7.20. The number of aliphatic carboxylic acids is 1. The van der Waals surface area contributed by atoms with Gasteiger partial charge in [-0.2, -0.15) is 0 Å². The zero-order valence-corrected chi connectivity index (χ0v) is 15.7. The van der Waals surface area contributed by atoms with Crippen LogP contribution in [0.4, 0.5) is 11.4 Å². The van der Waals surface area contributed by atoms with Gasteiger partial charge in [-0.25, -0.2) is 0 Å². The molecule has 0 unspecified atom stereocenters. The lowest BCUT2D eigenvalue weighted by Gasteiger charge is -2.31. The normalized spacial score (nSPS) is 18.9. The highest BCUT2D eigenvalue weighted by Crippen LogP contribution is 2.30. The molecule has 3 rings (SSSR count). The summed E-state index contributed by atoms with van der Waals surface area (Å²) < 4.78 is 0. The lowest BCUT2D eigenvalue weighted by Crippen LogP contribution is -2.42. The molecule has 2 aromatic rings. The van der Waals surface area contributed by atoms with E-state index in [1.807, 2.05) is 31.2 Å². The predicted molar refractivity (Wildman–Crippen MR) is 105 cm³/mol. The number of anilines is 2. The van der Waals surface area contributed by atoms with Gasteiger partial charge in [-0.15, -0.1) is 0 Å². The van der Waals surface area contributed by atoms with E-state index in [0.29, 0.717) is 29.8 Å². The number of hydrogen-bond donors (Lipinski definition) is 2. The van der Waals surface area contributed by atoms with Crippen LogP contribution in [-0.2, 0) is 9.59 Å². The summed E-state index contributed by atoms with van der Waals surface area (Å²) in [4.78, 5) is 36.1. The van der Waals surface area contributed by atoms with Gasteiger partial charge in [0.25, 0.3) is 5.91 Å². The van der Waals surface area contributed by atoms with E-state index < -0.39 is 17.8 Å². The second-order valence-electron chi connectivity index (χ2n) is 7.20. The largest absolute Gasteiger partial charge is 0.550 e. The van der Waals surface area contributed by atoms with Crippen LogP contribution < -0.4 is 15.7 Å². The Bertz CT molecular complexity index is 859. The molecule has 2 atom stereocenters. The minimum absolute atomic E-state index is 0.244. The van der Waals surface area contributed by atoms with Gasteiger partial charge in [0.1, 0.15) is 0 Å². The monoisotopic (exact) mass is 379 g/mol. The molecule has 6 heteroatoms. The maximum Gasteiger partial charge on any atom is 0.255 e. The molecule has 0 saturated heterocycles. The molecule has 1 aliphatic carbocycles. The van der Waals surface area contributed by atoms with E-state index >= 15 is 0 Å². The van der Waals surface area contributed by atoms with Gasteiger partial charge in [0, 0.05) is 34.7 Å². The van der Waals surface area contributed by atoms with Gasteiger partial charge < -0.3 is 20.5 Å². The molecule has 2 amide bonds. The van der Waals surface area contributed by atoms with Gasteiger partial charge in [0.05, 0.1) is 0 Å². The molecule has 2 N–H and O–H groups in total. The van der Waals surface area contributed by atoms with E-state index in [1.54, 1.807) is 24.3 Å². The number of nitrogens with one attached hydrogen (secondary N) is 2. The van der Waals surface area contributed by atoms with Crippen molar-refractivity contribution < 1.29 is 19.5 Å². The SMILES string of the molecule is Cc1ccc(NC(=O)c2ccc(NC(=O)[C@@H]3CCCC[C@H]3C(=O)[O-])cc2)cc1. The van der Waals surface area contributed by atoms with Crippen molar-refractivity contribution in [2.75, 3.05) is 10.6 Å². The Kier molecular flexibility index (Phi) is 6.09. The van der Waals surface area contributed by atoms with Crippen LogP contribution in [0.15, 0.2) is 48.5 Å². The van der Waals surface area contributed by atoms with Crippen molar-refractivity contribution in [3.8, 4) is 0 Å². The van der Waals surface area contributed by atoms with Gasteiger partial charge in [0.2, 0.25) is 5.91 Å². The van der Waals surface area contributed by atoms with Crippen molar-refractivity contribution in [3.05, 3.63) is 59.7 Å². The summed E-state index contributed by atoms with van der Waals surface area (Å²) in [5, 5.41) is 16.8. The highest BCUT2D eigenvalue weighted by atomic mass is 16.4. The Morgan fingerprint density at radius 3 is 1.96 bits per heavy atom. The molecule has 2 aromatic carbocycles. The van der Waals surface area contributed by atoms with Gasteiger partial charge >= 0.3 is 0 Å². The average molecular weight is 379 g/mol. The van der Waals surface area contributed by atoms with Crippen molar-refractivity contribution in [2.45, 2.75) is 32.6 Å². The fraction of sp³-hybridized carbons (Fsp3) is 0.318. The first-order valence-corrected chi connectivity index (χ1v) is 9.44. The topological polar surface area (TPSA) is 98.3 Å². The zero-order chi connectivity index (χ0) is 20.1. The third-order valence-corrected chi connectivity index (χ3v) is 5.13. The van der Waals surface area contributed by atoms with Crippen LogP contribution >= 0.6 is 0 Å². The molecule has 0 bridgehead atoms. The Hall–Kier alpha value is -3.15. The molecule has 1 saturated carbocycles. The van der Waals surface area contributed by atoms with E-state index in [1.165, 1.54) is 0 Å². The van der Waals surface area contributed by atoms with Crippen LogP contribution in [0, 0.1) is 18.8 Å². The van der Waals surface area contributed by atoms with Crippen molar-refractivity contribution in [3.63, 3.8) is 0 Å². The molecule has 0 aliphatic heterocycles. The highest BCUT2D eigenvalue weighted by Gasteiger charge is 2.31. The van der Waals surface area contributed by atoms with E-state index in [2.05, 4.69) is 10.6 Å². The minimum Gasteiger partial charge on any atom is -0.550 e. The van der Waals surface area contributed by atoms with Crippen molar-refractivity contribution in [1.29, 1.82) is 0 Å². The minimum atomic E-state index is -1.16. The predicted octanol–water partition coefficient (Wildman–Crippen LogP) is 2.74. The molecule has 6 nitrogen and oxygen atoms in total. The zero-order valence-electron chi connectivity index (χ0n) is 15.7. The van der Waals surface area contributed by atoms with Crippen LogP contribution in [0.3, 0.4) is 0 Å². The summed E-state index contributed by atoms with van der Waals surface area (Å²) in [5.41, 5.74) is 2.80. The molecule has 1 fully saturated rings. The lowest BCUT2D eigenvalue weighted by atomic mass is 9.78. The summed E-state index contributed by atoms with van der Waals surface area (Å²) in [6.07, 6.45) is 2.65. The first-order chi connectivity index (χ1) is 13.4. The molecule has 1 aliphatic rings. The van der Waals surface area contributed by atoms with Crippen molar-refractivity contribution in [2.24, 2.45) is 11.8 Å². The molecule has 0 spiro atoms. The second kappa shape index (κ2) is 8.69. The first kappa shape index (κ1) is 19.6. The quantitative estimate of drug-likeness (QED) is 0.834. The standard InChI is InChI=1S/C22H24N2O4/c1-14-6-10-16(11-7-14)23-20(25)15-8-12-17(13-9-15)24-21(26)18-4-2-3-5-19(18)22(27)28/h6-13,18-19H,2-5H2,1H3,(H,23,25)(H,24,26)(H,27,28)/p-1/t18-,19-/m1/s1. The molecular formula is C22H23N2O4-. The van der Waals surface area contributed by atoms with Crippen LogP contribution in [-0.4, -0.2) is 17.8 Å². The van der Waals surface area contributed by atoms with Crippen LogP contribution in [0.2, 0.25) is 0 Å². The van der Waals surface area contributed by atoms with Gasteiger partial charge in [-0.1, -0.05) is 30.5 Å². The number of carbonyl (C=O) groups is 3. The summed E-state index contributed by atoms with van der Waals surface area (Å²) >= 11 is 0. The summed E-state index contributed by atoms with van der Waals surface area (Å²) in [6, 6.07) is 14.0. The number of amides is 2. The molecule has 28 heavy (non-hydrogen) atoms. The summed E-state index contributed by atoms with van der Waals surface area (Å²) in [6.45, 7) is 1.97. The average Bonchev–Trinajstić information content (AvgIpc) is 2.70. The molecule has 0 aromatic heterocycles. The Balaban J connectivity index is 1.62. The smallest absolute Gasteiger partial charge is 0.255 e. The van der Waals surface area contributed by atoms with Crippen molar-refractivity contribution >= 4 is 29.2 Å². The van der Waals surface area contributed by atoms with E-state index in [-0.39, 0.29) is 11.8 Å². The molecule has 0 radical (unpaired) electrons. The Morgan fingerprint density at radius 1 is 0.821 bits per heavy atom. The third kappa shape index (κ3) is 4.76. The van der Waals surface area contributed by atoms with Crippen molar-refractivity contribution in [1.82, 2.24) is 0 Å². The highest BCUT2D eigenvalue weighted by molar-refractivity contribution is 6.04.